The summed E-state index contributed by atoms with van der Waals surface area (Å²) >= 11 is 0. The van der Waals surface area contributed by atoms with Crippen molar-refractivity contribution < 1.29 is 9.90 Å². The SMILES string of the molecule is CC(C)c1ccc(-c2cc(-c3ccc(C(=O)O)cc3)n[nH]2)cc1. The highest BCUT2D eigenvalue weighted by atomic mass is 16.4. The monoisotopic (exact) mass is 306 g/mol. The lowest BCUT2D eigenvalue weighted by molar-refractivity contribution is 0.0697. The lowest BCUT2D eigenvalue weighted by atomic mass is 10.0. The topological polar surface area (TPSA) is 66.0 Å². The van der Waals surface area contributed by atoms with Gasteiger partial charge in [-0.15, -0.1) is 0 Å². The van der Waals surface area contributed by atoms with E-state index < -0.39 is 5.97 Å². The number of nitrogens with zero attached hydrogens (tertiary/aromatic N) is 1. The Morgan fingerprint density at radius 3 is 2.17 bits per heavy atom. The van der Waals surface area contributed by atoms with E-state index in [2.05, 4.69) is 48.3 Å². The van der Waals surface area contributed by atoms with Gasteiger partial charge in [-0.2, -0.15) is 5.10 Å². The van der Waals surface area contributed by atoms with Gasteiger partial charge in [0.05, 0.1) is 17.0 Å². The molecule has 0 bridgehead atoms. The van der Waals surface area contributed by atoms with Crippen LogP contribution in [0.1, 0.15) is 35.7 Å². The molecule has 0 radical (unpaired) electrons. The van der Waals surface area contributed by atoms with E-state index in [0.29, 0.717) is 5.92 Å². The van der Waals surface area contributed by atoms with E-state index in [-0.39, 0.29) is 5.56 Å². The van der Waals surface area contributed by atoms with Gasteiger partial charge in [0.25, 0.3) is 0 Å². The van der Waals surface area contributed by atoms with Crippen LogP contribution >= 0.6 is 0 Å². The number of carboxylic acids is 1. The number of aromatic nitrogens is 2. The molecule has 4 heteroatoms. The Kier molecular flexibility index (Phi) is 3.98. The standard InChI is InChI=1S/C19H18N2O2/c1-12(2)13-3-5-14(6-4-13)17-11-18(21-20-17)15-7-9-16(10-8-15)19(22)23/h3-12H,1-2H3,(H,20,21)(H,22,23). The molecule has 0 fully saturated rings. The van der Waals surface area contributed by atoms with Gasteiger partial charge in [-0.25, -0.2) is 4.79 Å². The zero-order valence-electron chi connectivity index (χ0n) is 13.1. The van der Waals surface area contributed by atoms with Crippen LogP contribution in [0.25, 0.3) is 22.5 Å². The normalized spacial score (nSPS) is 10.9. The number of nitrogens with one attached hydrogen (secondary N) is 1. The van der Waals surface area contributed by atoms with Gasteiger partial charge in [-0.3, -0.25) is 5.10 Å². The fraction of sp³-hybridized carbons (Fsp3) is 0.158. The van der Waals surface area contributed by atoms with Crippen LogP contribution in [0.3, 0.4) is 0 Å². The van der Waals surface area contributed by atoms with Crippen LogP contribution in [0.2, 0.25) is 0 Å². The molecule has 116 valence electrons. The number of aromatic amines is 1. The fourth-order valence-corrected chi connectivity index (χ4v) is 2.45. The molecule has 0 saturated carbocycles. The summed E-state index contributed by atoms with van der Waals surface area (Å²) in [6.07, 6.45) is 0. The number of hydrogen-bond acceptors (Lipinski definition) is 2. The highest BCUT2D eigenvalue weighted by Gasteiger charge is 2.08. The number of hydrogen-bond donors (Lipinski definition) is 2. The van der Waals surface area contributed by atoms with Gasteiger partial charge in [-0.05, 0) is 35.2 Å². The van der Waals surface area contributed by atoms with Gasteiger partial charge < -0.3 is 5.11 Å². The number of aromatic carboxylic acids is 1. The largest absolute Gasteiger partial charge is 0.478 e. The molecule has 3 aromatic rings. The van der Waals surface area contributed by atoms with Crippen molar-refractivity contribution >= 4 is 5.97 Å². The van der Waals surface area contributed by atoms with E-state index in [1.165, 1.54) is 5.56 Å². The summed E-state index contributed by atoms with van der Waals surface area (Å²) < 4.78 is 0. The zero-order valence-corrected chi connectivity index (χ0v) is 13.1. The molecule has 0 unspecified atom stereocenters. The first-order valence-electron chi connectivity index (χ1n) is 7.54. The van der Waals surface area contributed by atoms with Gasteiger partial charge in [0.15, 0.2) is 0 Å². The molecule has 3 rings (SSSR count). The number of carbonyl (C=O) groups is 1. The van der Waals surface area contributed by atoms with Crippen LogP contribution in [-0.2, 0) is 0 Å². The molecule has 1 heterocycles. The molecular weight excluding hydrogens is 288 g/mol. The lowest BCUT2D eigenvalue weighted by Gasteiger charge is -2.05. The maximum Gasteiger partial charge on any atom is 0.335 e. The van der Waals surface area contributed by atoms with Crippen molar-refractivity contribution in [3.05, 3.63) is 65.7 Å². The van der Waals surface area contributed by atoms with Gasteiger partial charge in [0.2, 0.25) is 0 Å². The second kappa shape index (κ2) is 6.08. The van der Waals surface area contributed by atoms with Gasteiger partial charge in [0, 0.05) is 5.56 Å². The third kappa shape index (κ3) is 3.16. The molecule has 23 heavy (non-hydrogen) atoms. The number of benzene rings is 2. The van der Waals surface area contributed by atoms with Crippen molar-refractivity contribution in [1.29, 1.82) is 0 Å². The Hall–Kier alpha value is -2.88. The second-order valence-electron chi connectivity index (χ2n) is 5.83. The molecule has 1 aromatic heterocycles. The first-order valence-corrected chi connectivity index (χ1v) is 7.54. The van der Waals surface area contributed by atoms with Crippen molar-refractivity contribution in [3.63, 3.8) is 0 Å². The summed E-state index contributed by atoms with van der Waals surface area (Å²) in [7, 11) is 0. The quantitative estimate of drug-likeness (QED) is 0.742. The van der Waals surface area contributed by atoms with Crippen molar-refractivity contribution in [3.8, 4) is 22.5 Å². The maximum absolute atomic E-state index is 10.9. The van der Waals surface area contributed by atoms with Crippen LogP contribution in [-0.4, -0.2) is 21.3 Å². The predicted molar refractivity (Wildman–Crippen MR) is 90.5 cm³/mol. The van der Waals surface area contributed by atoms with Crippen LogP contribution < -0.4 is 0 Å². The lowest BCUT2D eigenvalue weighted by Crippen LogP contribution is -1.94. The fourth-order valence-electron chi connectivity index (χ4n) is 2.45. The zero-order chi connectivity index (χ0) is 16.4. The van der Waals surface area contributed by atoms with E-state index in [0.717, 1.165) is 22.5 Å². The summed E-state index contributed by atoms with van der Waals surface area (Å²) in [5.41, 5.74) is 5.28. The minimum absolute atomic E-state index is 0.272. The van der Waals surface area contributed by atoms with E-state index in [9.17, 15) is 4.79 Å². The third-order valence-electron chi connectivity index (χ3n) is 3.89. The van der Waals surface area contributed by atoms with Gasteiger partial charge in [0.1, 0.15) is 0 Å². The highest BCUT2D eigenvalue weighted by molar-refractivity contribution is 5.88. The molecular formula is C19H18N2O2. The minimum atomic E-state index is -0.926. The average Bonchev–Trinajstić information content (AvgIpc) is 3.05. The van der Waals surface area contributed by atoms with Gasteiger partial charge >= 0.3 is 5.97 Å². The summed E-state index contributed by atoms with van der Waals surface area (Å²) in [4.78, 5) is 10.9. The Balaban J connectivity index is 1.86. The first kappa shape index (κ1) is 15.0. The number of carboxylic acid groups (broad SMARTS) is 1. The van der Waals surface area contributed by atoms with E-state index >= 15 is 0 Å². The van der Waals surface area contributed by atoms with Crippen LogP contribution in [0.5, 0.6) is 0 Å². The highest BCUT2D eigenvalue weighted by Crippen LogP contribution is 2.25. The molecule has 4 nitrogen and oxygen atoms in total. The minimum Gasteiger partial charge on any atom is -0.478 e. The third-order valence-corrected chi connectivity index (χ3v) is 3.89. The van der Waals surface area contributed by atoms with E-state index in [1.807, 2.05) is 6.07 Å². The Morgan fingerprint density at radius 2 is 1.61 bits per heavy atom. The Morgan fingerprint density at radius 1 is 1.00 bits per heavy atom. The van der Waals surface area contributed by atoms with Crippen molar-refractivity contribution in [2.24, 2.45) is 0 Å². The first-order chi connectivity index (χ1) is 11.0. The maximum atomic E-state index is 10.9. The van der Waals surface area contributed by atoms with Crippen LogP contribution in [0.15, 0.2) is 54.6 Å². The molecule has 2 N–H and O–H groups in total. The molecule has 0 atom stereocenters. The summed E-state index contributed by atoms with van der Waals surface area (Å²) in [6.45, 7) is 4.34. The molecule has 0 spiro atoms. The van der Waals surface area contributed by atoms with Crippen molar-refractivity contribution in [2.75, 3.05) is 0 Å². The Labute approximate surface area is 134 Å². The molecule has 0 aliphatic rings. The van der Waals surface area contributed by atoms with Gasteiger partial charge in [-0.1, -0.05) is 50.2 Å². The summed E-state index contributed by atoms with van der Waals surface area (Å²) in [5.74, 6) is -0.418. The van der Waals surface area contributed by atoms with Crippen molar-refractivity contribution in [1.82, 2.24) is 10.2 Å². The number of H-pyrrole nitrogens is 1. The smallest absolute Gasteiger partial charge is 0.335 e. The molecule has 0 aliphatic carbocycles. The molecule has 0 amide bonds. The summed E-state index contributed by atoms with van der Waals surface area (Å²) in [6, 6.07) is 17.1. The number of rotatable bonds is 4. The molecule has 2 aromatic carbocycles. The molecule has 0 aliphatic heterocycles. The average molecular weight is 306 g/mol. The molecule has 0 saturated heterocycles. The van der Waals surface area contributed by atoms with E-state index in [4.69, 9.17) is 5.11 Å². The summed E-state index contributed by atoms with van der Waals surface area (Å²) in [5, 5.41) is 16.3. The van der Waals surface area contributed by atoms with Crippen LogP contribution in [0, 0.1) is 0 Å². The Bertz CT molecular complexity index is 815. The van der Waals surface area contributed by atoms with Crippen molar-refractivity contribution in [2.45, 2.75) is 19.8 Å². The van der Waals surface area contributed by atoms with E-state index in [1.54, 1.807) is 24.3 Å². The predicted octanol–water partition coefficient (Wildman–Crippen LogP) is 4.57. The second-order valence-corrected chi connectivity index (χ2v) is 5.83. The van der Waals surface area contributed by atoms with Crippen LogP contribution in [0.4, 0.5) is 0 Å².